The molecule has 0 aromatic heterocycles. The topological polar surface area (TPSA) is 41.5 Å². The van der Waals surface area contributed by atoms with Crippen LogP contribution in [-0.4, -0.2) is 60.0 Å². The second-order valence-electron chi connectivity index (χ2n) is 4.86. The van der Waals surface area contributed by atoms with Gasteiger partial charge >= 0.3 is 0 Å². The van der Waals surface area contributed by atoms with Crippen molar-refractivity contribution in [2.75, 3.05) is 43.6 Å². The molecular weight excluding hydrogens is 254 g/mol. The Hall–Kier alpha value is 0.580. The normalized spacial score (nSPS) is 27.0. The minimum Gasteiger partial charge on any atom is -0.389 e. The van der Waals surface area contributed by atoms with Crippen LogP contribution < -0.4 is 5.32 Å². The van der Waals surface area contributed by atoms with E-state index < -0.39 is 0 Å². The molecule has 0 aromatic carbocycles. The van der Waals surface area contributed by atoms with Crippen LogP contribution in [0.4, 0.5) is 0 Å². The van der Waals surface area contributed by atoms with E-state index in [0.29, 0.717) is 18.4 Å². The van der Waals surface area contributed by atoms with E-state index in [4.69, 9.17) is 4.74 Å². The van der Waals surface area contributed by atoms with Crippen molar-refractivity contribution in [1.29, 1.82) is 0 Å². The number of thioether (sulfide) groups is 2. The van der Waals surface area contributed by atoms with E-state index in [-0.39, 0.29) is 6.10 Å². The van der Waals surface area contributed by atoms with Crippen LogP contribution >= 0.6 is 23.5 Å². The van der Waals surface area contributed by atoms with Gasteiger partial charge in [0.2, 0.25) is 0 Å². The molecule has 0 spiro atoms. The van der Waals surface area contributed by atoms with Gasteiger partial charge in [-0.1, -0.05) is 0 Å². The molecule has 0 amide bonds. The fraction of sp³-hybridized carbons (Fsp3) is 1.00. The Morgan fingerprint density at radius 2 is 2.24 bits per heavy atom. The Morgan fingerprint density at radius 1 is 1.35 bits per heavy atom. The lowest BCUT2D eigenvalue weighted by atomic mass is 10.3. The lowest BCUT2D eigenvalue weighted by Gasteiger charge is -2.22. The van der Waals surface area contributed by atoms with E-state index in [1.165, 1.54) is 30.1 Å². The summed E-state index contributed by atoms with van der Waals surface area (Å²) in [5.74, 6) is 4.58. The minimum absolute atomic E-state index is 0.352. The maximum atomic E-state index is 9.71. The van der Waals surface area contributed by atoms with Crippen molar-refractivity contribution in [1.82, 2.24) is 5.32 Å². The van der Waals surface area contributed by atoms with Gasteiger partial charge in [-0.05, 0) is 18.8 Å². The first-order valence-electron chi connectivity index (χ1n) is 6.50. The molecule has 1 saturated heterocycles. The highest BCUT2D eigenvalue weighted by atomic mass is 32.2. The average Bonchev–Trinajstić information content (AvgIpc) is 3.14. The zero-order valence-corrected chi connectivity index (χ0v) is 11.9. The van der Waals surface area contributed by atoms with Gasteiger partial charge in [-0.2, -0.15) is 23.5 Å². The molecule has 2 aliphatic rings. The lowest BCUT2D eigenvalue weighted by molar-refractivity contribution is 0.0327. The molecule has 1 saturated carbocycles. The van der Waals surface area contributed by atoms with Gasteiger partial charge in [-0.25, -0.2) is 0 Å². The van der Waals surface area contributed by atoms with Crippen molar-refractivity contribution in [3.8, 4) is 0 Å². The largest absolute Gasteiger partial charge is 0.389 e. The van der Waals surface area contributed by atoms with Gasteiger partial charge in [0, 0.05) is 42.2 Å². The summed E-state index contributed by atoms with van der Waals surface area (Å²) in [4.78, 5) is 0. The van der Waals surface area contributed by atoms with Gasteiger partial charge in [0.1, 0.15) is 0 Å². The Kier molecular flexibility index (Phi) is 6.50. The number of nitrogens with one attached hydrogen (secondary N) is 1. The number of ether oxygens (including phenoxy) is 1. The maximum absolute atomic E-state index is 9.71. The molecule has 2 atom stereocenters. The minimum atomic E-state index is -0.352. The number of hydrogen-bond acceptors (Lipinski definition) is 5. The standard InChI is InChI=1S/C12H23NO2S2/c14-11(8-15-7-10-1-2-10)5-13-6-12-9-16-3-4-17-12/h10-14H,1-9H2. The summed E-state index contributed by atoms with van der Waals surface area (Å²) in [6.45, 7) is 2.99. The van der Waals surface area contributed by atoms with Gasteiger partial charge in [-0.15, -0.1) is 0 Å². The first-order valence-corrected chi connectivity index (χ1v) is 8.71. The first-order chi connectivity index (χ1) is 8.34. The Bertz CT molecular complexity index is 209. The second-order valence-corrected chi connectivity index (χ2v) is 7.42. The zero-order chi connectivity index (χ0) is 11.9. The van der Waals surface area contributed by atoms with E-state index in [9.17, 15) is 5.11 Å². The van der Waals surface area contributed by atoms with E-state index in [1.54, 1.807) is 0 Å². The van der Waals surface area contributed by atoms with Crippen LogP contribution in [0.25, 0.3) is 0 Å². The molecule has 1 heterocycles. The van der Waals surface area contributed by atoms with Crippen LogP contribution in [0.5, 0.6) is 0 Å². The van der Waals surface area contributed by atoms with Crippen LogP contribution in [0.15, 0.2) is 0 Å². The molecule has 2 unspecified atom stereocenters. The molecule has 1 aliphatic heterocycles. The van der Waals surface area contributed by atoms with E-state index in [2.05, 4.69) is 5.32 Å². The van der Waals surface area contributed by atoms with Crippen molar-refractivity contribution in [2.24, 2.45) is 5.92 Å². The SMILES string of the molecule is OC(CNCC1CSCCS1)COCC1CC1. The van der Waals surface area contributed by atoms with Gasteiger partial charge in [0.25, 0.3) is 0 Å². The van der Waals surface area contributed by atoms with Crippen molar-refractivity contribution >= 4 is 23.5 Å². The van der Waals surface area contributed by atoms with Gasteiger partial charge < -0.3 is 15.2 Å². The van der Waals surface area contributed by atoms with Crippen LogP contribution in [0, 0.1) is 5.92 Å². The Morgan fingerprint density at radius 3 is 2.94 bits per heavy atom. The number of aliphatic hydroxyl groups is 1. The number of hydrogen-bond donors (Lipinski definition) is 2. The van der Waals surface area contributed by atoms with Crippen LogP contribution in [0.1, 0.15) is 12.8 Å². The molecular formula is C12H23NO2S2. The Balaban J connectivity index is 1.42. The molecule has 5 heteroatoms. The lowest BCUT2D eigenvalue weighted by Crippen LogP contribution is -2.36. The monoisotopic (exact) mass is 277 g/mol. The summed E-state index contributed by atoms with van der Waals surface area (Å²) in [5.41, 5.74) is 0. The maximum Gasteiger partial charge on any atom is 0.0897 e. The molecule has 0 bridgehead atoms. The van der Waals surface area contributed by atoms with Crippen molar-refractivity contribution in [3.63, 3.8) is 0 Å². The summed E-state index contributed by atoms with van der Waals surface area (Å²) in [7, 11) is 0. The van der Waals surface area contributed by atoms with Crippen molar-refractivity contribution in [3.05, 3.63) is 0 Å². The van der Waals surface area contributed by atoms with Crippen molar-refractivity contribution < 1.29 is 9.84 Å². The summed E-state index contributed by atoms with van der Waals surface area (Å²) >= 11 is 4.09. The van der Waals surface area contributed by atoms with Crippen LogP contribution in [-0.2, 0) is 4.74 Å². The fourth-order valence-corrected chi connectivity index (χ4v) is 4.43. The fourth-order valence-electron chi connectivity index (χ4n) is 1.78. The molecule has 0 radical (unpaired) electrons. The number of rotatable bonds is 8. The Labute approximate surface area is 112 Å². The summed E-state index contributed by atoms with van der Waals surface area (Å²) < 4.78 is 5.46. The van der Waals surface area contributed by atoms with E-state index >= 15 is 0 Å². The zero-order valence-electron chi connectivity index (χ0n) is 10.3. The summed E-state index contributed by atoms with van der Waals surface area (Å²) in [5, 5.41) is 13.8. The van der Waals surface area contributed by atoms with Crippen molar-refractivity contribution in [2.45, 2.75) is 24.2 Å². The molecule has 3 nitrogen and oxygen atoms in total. The molecule has 0 aromatic rings. The van der Waals surface area contributed by atoms with E-state index in [1.807, 2.05) is 23.5 Å². The average molecular weight is 277 g/mol. The van der Waals surface area contributed by atoms with E-state index in [0.717, 1.165) is 19.1 Å². The first kappa shape index (κ1) is 14.0. The molecule has 2 fully saturated rings. The predicted molar refractivity (Wildman–Crippen MR) is 76.0 cm³/mol. The highest BCUT2D eigenvalue weighted by molar-refractivity contribution is 8.06. The third-order valence-electron chi connectivity index (χ3n) is 3.00. The quantitative estimate of drug-likeness (QED) is 0.698. The highest BCUT2D eigenvalue weighted by Crippen LogP contribution is 2.28. The molecule has 2 rings (SSSR count). The summed E-state index contributed by atoms with van der Waals surface area (Å²) in [6.07, 6.45) is 2.27. The summed E-state index contributed by atoms with van der Waals surface area (Å²) in [6, 6.07) is 0. The predicted octanol–water partition coefficient (Wildman–Crippen LogP) is 1.21. The van der Waals surface area contributed by atoms with Crippen LogP contribution in [0.3, 0.4) is 0 Å². The smallest absolute Gasteiger partial charge is 0.0897 e. The molecule has 100 valence electrons. The molecule has 1 aliphatic carbocycles. The number of aliphatic hydroxyl groups excluding tert-OH is 1. The molecule has 17 heavy (non-hydrogen) atoms. The molecule has 2 N–H and O–H groups in total. The van der Waals surface area contributed by atoms with Crippen LogP contribution in [0.2, 0.25) is 0 Å². The highest BCUT2D eigenvalue weighted by Gasteiger charge is 2.21. The van der Waals surface area contributed by atoms with Gasteiger partial charge in [0.15, 0.2) is 0 Å². The third-order valence-corrected chi connectivity index (χ3v) is 5.84. The second kappa shape index (κ2) is 7.89. The van der Waals surface area contributed by atoms with Gasteiger partial charge in [0.05, 0.1) is 12.7 Å². The third kappa shape index (κ3) is 6.34. The van der Waals surface area contributed by atoms with Gasteiger partial charge in [-0.3, -0.25) is 0 Å².